The van der Waals surface area contributed by atoms with Crippen molar-refractivity contribution in [2.24, 2.45) is 5.10 Å². The van der Waals surface area contributed by atoms with Crippen LogP contribution in [-0.4, -0.2) is 26.4 Å². The fourth-order valence-electron chi connectivity index (χ4n) is 2.86. The fourth-order valence-corrected chi connectivity index (χ4v) is 2.99. The molecular formula is C18H15ClN4O2. The van der Waals surface area contributed by atoms with Crippen molar-refractivity contribution < 1.29 is 9.21 Å². The predicted octanol–water partition coefficient (Wildman–Crippen LogP) is 3.51. The Morgan fingerprint density at radius 1 is 1.24 bits per heavy atom. The summed E-state index contributed by atoms with van der Waals surface area (Å²) in [5.74, 6) is 0.565. The summed E-state index contributed by atoms with van der Waals surface area (Å²) in [5.41, 5.74) is 1.77. The lowest BCUT2D eigenvalue weighted by Crippen LogP contribution is -2.30. The molecule has 1 aliphatic rings. The number of furan rings is 1. The first-order valence-corrected chi connectivity index (χ1v) is 8.25. The van der Waals surface area contributed by atoms with Gasteiger partial charge in [-0.1, -0.05) is 23.7 Å². The molecule has 3 aromatic rings. The Bertz CT molecular complexity index is 886. The van der Waals surface area contributed by atoms with Gasteiger partial charge in [-0.15, -0.1) is 0 Å². The minimum absolute atomic E-state index is 0.127. The zero-order chi connectivity index (χ0) is 17.2. The second-order valence-corrected chi connectivity index (χ2v) is 6.17. The standard InChI is InChI=1S/C18H15ClN4O2/c19-14-6-4-13(5-7-14)15-11-16(17-3-1-10-25-17)23(21-15)18(24)12-22-9-2-8-20-22/h1-10,16H,11-12H2. The monoisotopic (exact) mass is 354 g/mol. The lowest BCUT2D eigenvalue weighted by atomic mass is 10.0. The summed E-state index contributed by atoms with van der Waals surface area (Å²) in [6, 6.07) is 12.6. The molecule has 1 atom stereocenters. The minimum Gasteiger partial charge on any atom is -0.467 e. The number of hydrazone groups is 1. The highest BCUT2D eigenvalue weighted by Gasteiger charge is 2.34. The Kier molecular flexibility index (Phi) is 4.11. The Hall–Kier alpha value is -2.86. The van der Waals surface area contributed by atoms with E-state index in [0.717, 1.165) is 11.3 Å². The molecule has 1 aliphatic heterocycles. The van der Waals surface area contributed by atoms with Crippen molar-refractivity contribution in [3.05, 3.63) is 77.5 Å². The van der Waals surface area contributed by atoms with Gasteiger partial charge in [-0.3, -0.25) is 9.48 Å². The van der Waals surface area contributed by atoms with Gasteiger partial charge in [-0.05, 0) is 35.9 Å². The number of amides is 1. The molecule has 7 heteroatoms. The largest absolute Gasteiger partial charge is 0.467 e. The first-order chi connectivity index (χ1) is 12.2. The highest BCUT2D eigenvalue weighted by molar-refractivity contribution is 6.30. The van der Waals surface area contributed by atoms with Gasteiger partial charge in [0.2, 0.25) is 0 Å². The van der Waals surface area contributed by atoms with Crippen LogP contribution in [0.25, 0.3) is 0 Å². The van der Waals surface area contributed by atoms with E-state index in [1.165, 1.54) is 5.01 Å². The highest BCUT2D eigenvalue weighted by atomic mass is 35.5. The van der Waals surface area contributed by atoms with E-state index >= 15 is 0 Å². The van der Waals surface area contributed by atoms with Gasteiger partial charge in [0.25, 0.3) is 5.91 Å². The summed E-state index contributed by atoms with van der Waals surface area (Å²) < 4.78 is 7.11. The summed E-state index contributed by atoms with van der Waals surface area (Å²) in [4.78, 5) is 12.7. The maximum absolute atomic E-state index is 12.7. The third-order valence-corrected chi connectivity index (χ3v) is 4.32. The van der Waals surface area contributed by atoms with E-state index in [1.54, 1.807) is 29.4 Å². The molecule has 1 aromatic carbocycles. The van der Waals surface area contributed by atoms with Crippen molar-refractivity contribution in [1.29, 1.82) is 0 Å². The second-order valence-electron chi connectivity index (χ2n) is 5.73. The zero-order valence-electron chi connectivity index (χ0n) is 13.2. The molecule has 0 N–H and O–H groups in total. The van der Waals surface area contributed by atoms with E-state index in [2.05, 4.69) is 10.2 Å². The van der Waals surface area contributed by atoms with Crippen LogP contribution in [0.5, 0.6) is 0 Å². The van der Waals surface area contributed by atoms with Gasteiger partial charge in [0, 0.05) is 23.8 Å². The number of hydrogen-bond donors (Lipinski definition) is 0. The van der Waals surface area contributed by atoms with Crippen LogP contribution < -0.4 is 0 Å². The molecule has 0 bridgehead atoms. The summed E-state index contributed by atoms with van der Waals surface area (Å²) in [7, 11) is 0. The topological polar surface area (TPSA) is 63.6 Å². The maximum atomic E-state index is 12.7. The van der Waals surface area contributed by atoms with E-state index in [0.29, 0.717) is 17.2 Å². The number of halogens is 1. The van der Waals surface area contributed by atoms with Crippen LogP contribution in [0.15, 0.2) is 70.6 Å². The Labute approximate surface area is 149 Å². The number of aromatic nitrogens is 2. The Balaban J connectivity index is 1.63. The van der Waals surface area contributed by atoms with Crippen LogP contribution >= 0.6 is 11.6 Å². The quantitative estimate of drug-likeness (QED) is 0.720. The molecule has 3 heterocycles. The second kappa shape index (κ2) is 6.57. The van der Waals surface area contributed by atoms with Gasteiger partial charge >= 0.3 is 0 Å². The lowest BCUT2D eigenvalue weighted by Gasteiger charge is -2.19. The van der Waals surface area contributed by atoms with E-state index < -0.39 is 0 Å². The van der Waals surface area contributed by atoms with E-state index in [4.69, 9.17) is 16.0 Å². The van der Waals surface area contributed by atoms with Crippen molar-refractivity contribution in [1.82, 2.24) is 14.8 Å². The molecule has 0 radical (unpaired) electrons. The van der Waals surface area contributed by atoms with Gasteiger partial charge < -0.3 is 4.42 Å². The Morgan fingerprint density at radius 2 is 2.08 bits per heavy atom. The predicted molar refractivity (Wildman–Crippen MR) is 93.1 cm³/mol. The molecule has 25 heavy (non-hydrogen) atoms. The molecule has 1 amide bonds. The van der Waals surface area contributed by atoms with Gasteiger partial charge in [0.1, 0.15) is 18.3 Å². The third-order valence-electron chi connectivity index (χ3n) is 4.07. The molecular weight excluding hydrogens is 340 g/mol. The molecule has 6 nitrogen and oxygen atoms in total. The summed E-state index contributed by atoms with van der Waals surface area (Å²) in [6.07, 6.45) is 5.58. The third kappa shape index (κ3) is 3.21. The van der Waals surface area contributed by atoms with E-state index in [9.17, 15) is 4.79 Å². The van der Waals surface area contributed by atoms with Crippen LogP contribution in [0.4, 0.5) is 0 Å². The fraction of sp³-hybridized carbons (Fsp3) is 0.167. The Morgan fingerprint density at radius 3 is 2.76 bits per heavy atom. The maximum Gasteiger partial charge on any atom is 0.265 e. The highest BCUT2D eigenvalue weighted by Crippen LogP contribution is 2.33. The van der Waals surface area contributed by atoms with E-state index in [-0.39, 0.29) is 18.5 Å². The summed E-state index contributed by atoms with van der Waals surface area (Å²) in [6.45, 7) is 0.127. The first kappa shape index (κ1) is 15.7. The van der Waals surface area contributed by atoms with Crippen LogP contribution in [-0.2, 0) is 11.3 Å². The molecule has 0 saturated carbocycles. The number of rotatable bonds is 4. The molecule has 1 unspecified atom stereocenters. The van der Waals surface area contributed by atoms with E-state index in [1.807, 2.05) is 36.4 Å². The molecule has 0 saturated heterocycles. The molecule has 0 spiro atoms. The van der Waals surface area contributed by atoms with Gasteiger partial charge in [0.05, 0.1) is 12.0 Å². The lowest BCUT2D eigenvalue weighted by molar-refractivity contribution is -0.134. The van der Waals surface area contributed by atoms with Crippen LogP contribution in [0, 0.1) is 0 Å². The van der Waals surface area contributed by atoms with Crippen LogP contribution in [0.2, 0.25) is 5.02 Å². The van der Waals surface area contributed by atoms with Crippen LogP contribution in [0.3, 0.4) is 0 Å². The van der Waals surface area contributed by atoms with Gasteiger partial charge in [-0.25, -0.2) is 5.01 Å². The molecule has 4 rings (SSSR count). The van der Waals surface area contributed by atoms with Gasteiger partial charge in [-0.2, -0.15) is 10.2 Å². The van der Waals surface area contributed by atoms with Crippen LogP contribution in [0.1, 0.15) is 23.8 Å². The molecule has 126 valence electrons. The van der Waals surface area contributed by atoms with Crippen molar-refractivity contribution >= 4 is 23.2 Å². The van der Waals surface area contributed by atoms with Gasteiger partial charge in [0.15, 0.2) is 0 Å². The normalized spacial score (nSPS) is 16.9. The average Bonchev–Trinajstić information content (AvgIpc) is 3.36. The summed E-state index contributed by atoms with van der Waals surface area (Å²) in [5, 5.41) is 10.8. The minimum atomic E-state index is -0.260. The number of benzene rings is 1. The van der Waals surface area contributed by atoms with Crippen molar-refractivity contribution in [3.8, 4) is 0 Å². The summed E-state index contributed by atoms with van der Waals surface area (Å²) >= 11 is 5.96. The smallest absolute Gasteiger partial charge is 0.265 e. The first-order valence-electron chi connectivity index (χ1n) is 7.87. The molecule has 0 fully saturated rings. The number of carbonyl (C=O) groups excluding carboxylic acids is 1. The van der Waals surface area contributed by atoms with Crippen molar-refractivity contribution in [2.45, 2.75) is 19.0 Å². The SMILES string of the molecule is O=C(Cn1cccn1)N1N=C(c2ccc(Cl)cc2)CC1c1ccco1. The number of hydrogen-bond acceptors (Lipinski definition) is 4. The number of carbonyl (C=O) groups is 1. The molecule has 0 aliphatic carbocycles. The van der Waals surface area contributed by atoms with Crippen molar-refractivity contribution in [2.75, 3.05) is 0 Å². The zero-order valence-corrected chi connectivity index (χ0v) is 14.0. The molecule has 2 aromatic heterocycles. The number of nitrogens with zero attached hydrogens (tertiary/aromatic N) is 4. The van der Waals surface area contributed by atoms with Crippen molar-refractivity contribution in [3.63, 3.8) is 0 Å². The average molecular weight is 355 g/mol.